The molecule has 7 heteroatoms. The van der Waals surface area contributed by atoms with Crippen molar-refractivity contribution in [3.63, 3.8) is 0 Å². The van der Waals surface area contributed by atoms with Gasteiger partial charge in [0.25, 0.3) is 0 Å². The van der Waals surface area contributed by atoms with Gasteiger partial charge in [0.1, 0.15) is 11.5 Å². The third-order valence-electron chi connectivity index (χ3n) is 2.63. The van der Waals surface area contributed by atoms with Crippen molar-refractivity contribution in [1.82, 2.24) is 0 Å². The second-order valence-electron chi connectivity index (χ2n) is 4.51. The molecular weight excluding hydrogens is 363 g/mol. The number of carbonyl (C=O) groups is 2. The molecule has 0 saturated heterocycles. The lowest BCUT2D eigenvalue weighted by Gasteiger charge is -2.06. The summed E-state index contributed by atoms with van der Waals surface area (Å²) < 4.78 is 10.1. The largest absolute Gasteiger partial charge is 0.426 e. The second-order valence-corrected chi connectivity index (χ2v) is 5.82. The van der Waals surface area contributed by atoms with Crippen LogP contribution in [0.15, 0.2) is 42.5 Å². The molecule has 4 nitrogen and oxygen atoms in total. The molecule has 0 heterocycles. The summed E-state index contributed by atoms with van der Waals surface area (Å²) >= 11 is 17.4. The van der Waals surface area contributed by atoms with Crippen molar-refractivity contribution < 1.29 is 19.1 Å². The summed E-state index contributed by atoms with van der Waals surface area (Å²) in [5, 5.41) is 1.15. The summed E-state index contributed by atoms with van der Waals surface area (Å²) in [6.45, 7) is 0. The van der Waals surface area contributed by atoms with Gasteiger partial charge >= 0.3 is 11.9 Å². The molecule has 0 fully saturated rings. The van der Waals surface area contributed by atoms with Crippen LogP contribution in [0.2, 0.25) is 15.1 Å². The highest BCUT2D eigenvalue weighted by molar-refractivity contribution is 6.34. The molecule has 0 bridgehead atoms. The van der Waals surface area contributed by atoms with Crippen molar-refractivity contribution in [3.8, 4) is 11.5 Å². The van der Waals surface area contributed by atoms with E-state index in [9.17, 15) is 9.59 Å². The smallest absolute Gasteiger partial charge is 0.311 e. The van der Waals surface area contributed by atoms with Gasteiger partial charge in [0, 0.05) is 15.1 Å². The van der Waals surface area contributed by atoms with Crippen LogP contribution >= 0.6 is 34.8 Å². The van der Waals surface area contributed by atoms with Crippen LogP contribution in [0.3, 0.4) is 0 Å². The lowest BCUT2D eigenvalue weighted by molar-refractivity contribution is -0.140. The zero-order valence-corrected chi connectivity index (χ0v) is 14.0. The first-order chi connectivity index (χ1) is 10.9. The number of hydrogen-bond acceptors (Lipinski definition) is 4. The molecule has 0 radical (unpaired) electrons. The number of ether oxygens (including phenoxy) is 2. The van der Waals surface area contributed by atoms with Crippen molar-refractivity contribution in [2.24, 2.45) is 0 Å². The molecule has 120 valence electrons. The summed E-state index contributed by atoms with van der Waals surface area (Å²) in [7, 11) is 0. The fourth-order valence-electron chi connectivity index (χ4n) is 1.69. The molecule has 0 aliphatic heterocycles. The van der Waals surface area contributed by atoms with Gasteiger partial charge in [0.15, 0.2) is 0 Å². The van der Waals surface area contributed by atoms with Gasteiger partial charge in [0.05, 0.1) is 12.8 Å². The van der Waals surface area contributed by atoms with Crippen LogP contribution < -0.4 is 9.47 Å². The summed E-state index contributed by atoms with van der Waals surface area (Å²) in [6, 6.07) is 10.8. The average Bonchev–Trinajstić information content (AvgIpc) is 2.44. The quantitative estimate of drug-likeness (QED) is 0.550. The number of hydrogen-bond donors (Lipinski definition) is 0. The molecule has 0 amide bonds. The molecule has 2 rings (SSSR count). The Hall–Kier alpha value is -1.75. The first-order valence-corrected chi connectivity index (χ1v) is 7.69. The predicted molar refractivity (Wildman–Crippen MR) is 88.4 cm³/mol. The van der Waals surface area contributed by atoms with Gasteiger partial charge in [-0.2, -0.15) is 0 Å². The van der Waals surface area contributed by atoms with Crippen molar-refractivity contribution >= 4 is 46.7 Å². The molecule has 0 atom stereocenters. The Morgan fingerprint density at radius 1 is 0.739 bits per heavy atom. The molecule has 0 spiro atoms. The van der Waals surface area contributed by atoms with E-state index >= 15 is 0 Å². The number of esters is 2. The van der Waals surface area contributed by atoms with E-state index in [4.69, 9.17) is 44.3 Å². The fraction of sp³-hybridized carbons (Fsp3) is 0.125. The Kier molecular flexibility index (Phi) is 6.28. The van der Waals surface area contributed by atoms with Crippen molar-refractivity contribution in [1.29, 1.82) is 0 Å². The van der Waals surface area contributed by atoms with Crippen LogP contribution in [0.4, 0.5) is 0 Å². The van der Waals surface area contributed by atoms with E-state index in [1.165, 1.54) is 24.3 Å². The van der Waals surface area contributed by atoms with Crippen molar-refractivity contribution in [2.45, 2.75) is 12.8 Å². The third-order valence-corrected chi connectivity index (χ3v) is 3.30. The Bertz CT molecular complexity index is 711. The highest BCUT2D eigenvalue weighted by atomic mass is 35.5. The monoisotopic (exact) mass is 372 g/mol. The third kappa shape index (κ3) is 6.10. The summed E-state index contributed by atoms with van der Waals surface area (Å²) in [4.78, 5) is 23.4. The first-order valence-electron chi connectivity index (χ1n) is 6.55. The van der Waals surface area contributed by atoms with Gasteiger partial charge in [-0.05, 0) is 36.4 Å². The van der Waals surface area contributed by atoms with Crippen molar-refractivity contribution in [2.75, 3.05) is 0 Å². The SMILES string of the molecule is O=C(CCC(=O)Oc1cc(Cl)cc(Cl)c1)Oc1cccc(Cl)c1. The Morgan fingerprint density at radius 2 is 1.26 bits per heavy atom. The van der Waals surface area contributed by atoms with E-state index in [2.05, 4.69) is 0 Å². The maximum atomic E-state index is 11.7. The minimum atomic E-state index is -0.591. The van der Waals surface area contributed by atoms with E-state index in [1.54, 1.807) is 18.2 Å². The number of carbonyl (C=O) groups excluding carboxylic acids is 2. The minimum absolute atomic E-state index is 0.125. The zero-order valence-electron chi connectivity index (χ0n) is 11.7. The van der Waals surface area contributed by atoms with Crippen LogP contribution in [0.5, 0.6) is 11.5 Å². The Morgan fingerprint density at radius 3 is 1.83 bits per heavy atom. The molecular formula is C16H11Cl3O4. The predicted octanol–water partition coefficient (Wildman–Crippen LogP) is 4.94. The highest BCUT2D eigenvalue weighted by Gasteiger charge is 2.12. The van der Waals surface area contributed by atoms with Crippen LogP contribution in [0.25, 0.3) is 0 Å². The Labute approximate surface area is 147 Å². The summed E-state index contributed by atoms with van der Waals surface area (Å²) in [6.07, 6.45) is -0.261. The average molecular weight is 374 g/mol. The molecule has 0 saturated carbocycles. The first kappa shape index (κ1) is 17.6. The topological polar surface area (TPSA) is 52.6 Å². The van der Waals surface area contributed by atoms with Gasteiger partial charge in [0.2, 0.25) is 0 Å². The van der Waals surface area contributed by atoms with Crippen LogP contribution in [0.1, 0.15) is 12.8 Å². The molecule has 0 aliphatic carbocycles. The molecule has 2 aromatic rings. The molecule has 0 N–H and O–H groups in total. The van der Waals surface area contributed by atoms with Crippen molar-refractivity contribution in [3.05, 3.63) is 57.5 Å². The maximum Gasteiger partial charge on any atom is 0.311 e. The van der Waals surface area contributed by atoms with E-state index < -0.39 is 11.9 Å². The Balaban J connectivity index is 1.83. The lowest BCUT2D eigenvalue weighted by atomic mass is 10.3. The van der Waals surface area contributed by atoms with Gasteiger partial charge in [-0.25, -0.2) is 0 Å². The highest BCUT2D eigenvalue weighted by Crippen LogP contribution is 2.24. The zero-order chi connectivity index (χ0) is 16.8. The van der Waals surface area contributed by atoms with Gasteiger partial charge in [-0.15, -0.1) is 0 Å². The molecule has 2 aromatic carbocycles. The molecule has 0 unspecified atom stereocenters. The van der Waals surface area contributed by atoms with Crippen LogP contribution in [-0.4, -0.2) is 11.9 Å². The molecule has 23 heavy (non-hydrogen) atoms. The summed E-state index contributed by atoms with van der Waals surface area (Å²) in [5.74, 6) is -0.618. The van der Waals surface area contributed by atoms with E-state index in [0.717, 1.165) is 0 Å². The number of benzene rings is 2. The van der Waals surface area contributed by atoms with E-state index in [1.807, 2.05) is 0 Å². The van der Waals surface area contributed by atoms with Gasteiger partial charge in [-0.3, -0.25) is 9.59 Å². The second kappa shape index (κ2) is 8.20. The van der Waals surface area contributed by atoms with E-state index in [-0.39, 0.29) is 18.6 Å². The van der Waals surface area contributed by atoms with Gasteiger partial charge < -0.3 is 9.47 Å². The van der Waals surface area contributed by atoms with Gasteiger partial charge in [-0.1, -0.05) is 40.9 Å². The normalized spacial score (nSPS) is 10.2. The standard InChI is InChI=1S/C16H11Cl3O4/c17-10-2-1-3-13(7-10)22-15(20)4-5-16(21)23-14-8-11(18)6-12(19)9-14/h1-3,6-9H,4-5H2. The minimum Gasteiger partial charge on any atom is -0.426 e. The number of halogens is 3. The van der Waals surface area contributed by atoms with Crippen LogP contribution in [-0.2, 0) is 9.59 Å². The number of rotatable bonds is 5. The lowest BCUT2D eigenvalue weighted by Crippen LogP contribution is -2.14. The molecule has 0 aliphatic rings. The summed E-state index contributed by atoms with van der Waals surface area (Å²) in [5.41, 5.74) is 0. The molecule has 0 aromatic heterocycles. The van der Waals surface area contributed by atoms with E-state index in [0.29, 0.717) is 20.8 Å². The van der Waals surface area contributed by atoms with Crippen LogP contribution in [0, 0.1) is 0 Å². The maximum absolute atomic E-state index is 11.7. The fourth-order valence-corrected chi connectivity index (χ4v) is 2.37.